The molecule has 3 nitrogen and oxygen atoms in total. The number of nitrogens with zero attached hydrogens (tertiary/aromatic N) is 2. The largest absolute Gasteiger partial charge is 1.00 e. The fraction of sp³-hybridized carbons (Fsp3) is 0. The fourth-order valence-electron chi connectivity index (χ4n) is 0.882. The van der Waals surface area contributed by atoms with Gasteiger partial charge in [-0.05, 0) is 5.39 Å². The van der Waals surface area contributed by atoms with E-state index in [0.717, 1.165) is 16.6 Å². The first-order chi connectivity index (χ1) is 4.86. The van der Waals surface area contributed by atoms with E-state index in [0.29, 0.717) is 0 Å². The number of aromatic nitrogens is 3. The van der Waals surface area contributed by atoms with E-state index in [-0.39, 0.29) is 58.2 Å². The molecular formula is C7H6N3Rb. The van der Waals surface area contributed by atoms with Gasteiger partial charge in [-0.2, -0.15) is 17.6 Å². The van der Waals surface area contributed by atoms with Crippen LogP contribution in [0.15, 0.2) is 18.5 Å². The van der Waals surface area contributed by atoms with Gasteiger partial charge in [0.15, 0.2) is 0 Å². The Kier molecular flexibility index (Phi) is 3.24. The van der Waals surface area contributed by atoms with Gasteiger partial charge in [-0.25, -0.2) is 0 Å². The van der Waals surface area contributed by atoms with E-state index in [1.807, 2.05) is 6.07 Å². The summed E-state index contributed by atoms with van der Waals surface area (Å²) in [7, 11) is 0. The maximum atomic E-state index is 4.06. The fourth-order valence-corrected chi connectivity index (χ4v) is 0.882. The smallest absolute Gasteiger partial charge is 0.304 e. The molecular weight excluding hydrogens is 212 g/mol. The van der Waals surface area contributed by atoms with Crippen molar-refractivity contribution in [3.63, 3.8) is 0 Å². The Morgan fingerprint density at radius 3 is 3.00 bits per heavy atom. The molecule has 0 atom stereocenters. The molecule has 4 heteroatoms. The van der Waals surface area contributed by atoms with Crippen LogP contribution in [0, 0.1) is 6.92 Å². The predicted molar refractivity (Wildman–Crippen MR) is 38.3 cm³/mol. The normalized spacial score (nSPS) is 9.45. The SMILES string of the molecule is [CH2-]c1cnc2[nH]ncc2c1.[Rb+]. The Bertz CT molecular complexity index is 355. The van der Waals surface area contributed by atoms with Gasteiger partial charge in [0.1, 0.15) is 5.65 Å². The van der Waals surface area contributed by atoms with Crippen LogP contribution in [0.4, 0.5) is 0 Å². The molecule has 0 aliphatic heterocycles. The van der Waals surface area contributed by atoms with Crippen LogP contribution in [0.2, 0.25) is 0 Å². The Labute approximate surface area is 113 Å². The summed E-state index contributed by atoms with van der Waals surface area (Å²) in [6, 6.07) is 1.94. The molecule has 2 aromatic rings. The molecule has 0 aromatic carbocycles. The van der Waals surface area contributed by atoms with Crippen molar-refractivity contribution >= 4 is 11.0 Å². The molecule has 0 unspecified atom stereocenters. The van der Waals surface area contributed by atoms with Crippen LogP contribution >= 0.6 is 0 Å². The molecule has 2 aromatic heterocycles. The van der Waals surface area contributed by atoms with E-state index < -0.39 is 0 Å². The van der Waals surface area contributed by atoms with Crippen LogP contribution in [0.1, 0.15) is 5.56 Å². The third kappa shape index (κ3) is 1.90. The summed E-state index contributed by atoms with van der Waals surface area (Å²) in [5.41, 5.74) is 1.72. The number of fused-ring (bicyclic) bond motifs is 1. The van der Waals surface area contributed by atoms with Crippen molar-refractivity contribution in [2.75, 3.05) is 0 Å². The molecule has 0 saturated heterocycles. The van der Waals surface area contributed by atoms with E-state index in [9.17, 15) is 0 Å². The molecule has 2 heterocycles. The zero-order valence-corrected chi connectivity index (χ0v) is 11.2. The van der Waals surface area contributed by atoms with Crippen LogP contribution in [0.3, 0.4) is 0 Å². The first-order valence-electron chi connectivity index (χ1n) is 2.97. The third-order valence-corrected chi connectivity index (χ3v) is 1.35. The van der Waals surface area contributed by atoms with Gasteiger partial charge in [0, 0.05) is 6.20 Å². The second-order valence-corrected chi connectivity index (χ2v) is 2.15. The molecule has 0 amide bonds. The van der Waals surface area contributed by atoms with Crippen molar-refractivity contribution in [1.29, 1.82) is 0 Å². The number of pyridine rings is 1. The van der Waals surface area contributed by atoms with E-state index in [1.54, 1.807) is 12.4 Å². The molecule has 0 spiro atoms. The molecule has 50 valence electrons. The zero-order chi connectivity index (χ0) is 6.97. The van der Waals surface area contributed by atoms with Gasteiger partial charge in [0.25, 0.3) is 0 Å². The molecule has 1 N–H and O–H groups in total. The van der Waals surface area contributed by atoms with Crippen LogP contribution in [-0.2, 0) is 0 Å². The predicted octanol–water partition coefficient (Wildman–Crippen LogP) is -1.86. The summed E-state index contributed by atoms with van der Waals surface area (Å²) in [6.45, 7) is 3.75. The number of hydrogen-bond acceptors (Lipinski definition) is 2. The molecule has 0 fully saturated rings. The van der Waals surface area contributed by atoms with Gasteiger partial charge in [-0.3, -0.25) is 5.10 Å². The summed E-state index contributed by atoms with van der Waals surface area (Å²) in [5.74, 6) is 0. The maximum absolute atomic E-state index is 4.06. The molecule has 0 bridgehead atoms. The van der Waals surface area contributed by atoms with Crippen molar-refractivity contribution in [2.45, 2.75) is 0 Å². The third-order valence-electron chi connectivity index (χ3n) is 1.35. The molecule has 0 aliphatic carbocycles. The van der Waals surface area contributed by atoms with Gasteiger partial charge < -0.3 is 4.98 Å². The molecule has 2 rings (SSSR count). The minimum atomic E-state index is 0. The summed E-state index contributed by atoms with van der Waals surface area (Å²) in [5, 5.41) is 7.59. The molecule has 0 saturated carbocycles. The first kappa shape index (κ1) is 9.38. The molecule has 0 radical (unpaired) electrons. The van der Waals surface area contributed by atoms with E-state index in [1.165, 1.54) is 0 Å². The maximum Gasteiger partial charge on any atom is 1.00 e. The topological polar surface area (TPSA) is 41.6 Å². The van der Waals surface area contributed by atoms with Gasteiger partial charge in [-0.15, -0.1) is 6.07 Å². The molecule has 0 aliphatic rings. The summed E-state index contributed by atoms with van der Waals surface area (Å²) >= 11 is 0. The summed E-state index contributed by atoms with van der Waals surface area (Å²) in [4.78, 5) is 4.06. The quantitative estimate of drug-likeness (QED) is 0.526. The number of nitrogens with one attached hydrogen (secondary N) is 1. The number of rotatable bonds is 0. The van der Waals surface area contributed by atoms with Crippen LogP contribution in [-0.4, -0.2) is 15.2 Å². The van der Waals surface area contributed by atoms with E-state index in [4.69, 9.17) is 0 Å². The number of hydrogen-bond donors (Lipinski definition) is 1. The van der Waals surface area contributed by atoms with Crippen molar-refractivity contribution in [2.24, 2.45) is 0 Å². The minimum absolute atomic E-state index is 0. The standard InChI is InChI=1S/C7H6N3.Rb/c1-5-2-6-4-9-10-7(6)8-3-5;/h2-4H,1H2,(H,8,9,10);/q-1;+1. The first-order valence-corrected chi connectivity index (χ1v) is 2.97. The number of H-pyrrole nitrogens is 1. The van der Waals surface area contributed by atoms with Crippen molar-refractivity contribution in [1.82, 2.24) is 15.2 Å². The summed E-state index contributed by atoms with van der Waals surface area (Å²) < 4.78 is 0. The van der Waals surface area contributed by atoms with Gasteiger partial charge in [-0.1, -0.05) is 6.20 Å². The Balaban J connectivity index is 0.000000605. The van der Waals surface area contributed by atoms with Crippen LogP contribution < -0.4 is 58.2 Å². The van der Waals surface area contributed by atoms with Gasteiger partial charge in [0.2, 0.25) is 0 Å². The van der Waals surface area contributed by atoms with Crippen molar-refractivity contribution < 1.29 is 58.2 Å². The van der Waals surface area contributed by atoms with E-state index >= 15 is 0 Å². The minimum Gasteiger partial charge on any atom is -0.304 e. The summed E-state index contributed by atoms with van der Waals surface area (Å²) in [6.07, 6.45) is 3.44. The Morgan fingerprint density at radius 1 is 1.36 bits per heavy atom. The van der Waals surface area contributed by atoms with Crippen molar-refractivity contribution in [3.8, 4) is 0 Å². The van der Waals surface area contributed by atoms with Gasteiger partial charge >= 0.3 is 58.2 Å². The second-order valence-electron chi connectivity index (χ2n) is 2.15. The average molecular weight is 218 g/mol. The Morgan fingerprint density at radius 2 is 2.18 bits per heavy atom. The molecule has 11 heavy (non-hydrogen) atoms. The average Bonchev–Trinajstić information content (AvgIpc) is 2.33. The Hall–Kier alpha value is 0.295. The van der Waals surface area contributed by atoms with Crippen LogP contribution in [0.5, 0.6) is 0 Å². The van der Waals surface area contributed by atoms with Crippen LogP contribution in [0.25, 0.3) is 11.0 Å². The van der Waals surface area contributed by atoms with Gasteiger partial charge in [0.05, 0.1) is 0 Å². The second kappa shape index (κ2) is 3.80. The number of aromatic amines is 1. The van der Waals surface area contributed by atoms with Crippen molar-refractivity contribution in [3.05, 3.63) is 30.9 Å². The zero-order valence-electron chi connectivity index (χ0n) is 6.33. The van der Waals surface area contributed by atoms with E-state index in [2.05, 4.69) is 22.1 Å². The monoisotopic (exact) mass is 217 g/mol.